The highest BCUT2D eigenvalue weighted by Crippen LogP contribution is 2.14. The van der Waals surface area contributed by atoms with Crippen molar-refractivity contribution < 1.29 is 4.79 Å². The van der Waals surface area contributed by atoms with E-state index >= 15 is 0 Å². The van der Waals surface area contributed by atoms with Gasteiger partial charge in [-0.2, -0.15) is 5.26 Å². The van der Waals surface area contributed by atoms with E-state index in [0.29, 0.717) is 11.3 Å². The highest BCUT2D eigenvalue weighted by Gasteiger charge is 2.15. The van der Waals surface area contributed by atoms with Gasteiger partial charge in [0.1, 0.15) is 11.8 Å². The first-order valence-electron chi connectivity index (χ1n) is 5.92. The Morgan fingerprint density at radius 3 is 3.00 bits per heavy atom. The summed E-state index contributed by atoms with van der Waals surface area (Å²) in [5, 5.41) is 11.6. The topological polar surface area (TPSA) is 81.6 Å². The van der Waals surface area contributed by atoms with Gasteiger partial charge in [0.05, 0.1) is 17.3 Å². The summed E-state index contributed by atoms with van der Waals surface area (Å²) >= 11 is 0. The normalized spacial score (nSPS) is 11.6. The van der Waals surface area contributed by atoms with Crippen LogP contribution in [-0.2, 0) is 0 Å². The molecule has 1 unspecified atom stereocenters. The molecule has 0 radical (unpaired) electrons. The molecule has 5 heteroatoms. The van der Waals surface area contributed by atoms with Gasteiger partial charge in [0.15, 0.2) is 0 Å². The zero-order valence-corrected chi connectivity index (χ0v) is 10.8. The van der Waals surface area contributed by atoms with Gasteiger partial charge in [-0.3, -0.25) is 9.78 Å². The Morgan fingerprint density at radius 1 is 1.58 bits per heavy atom. The number of nitriles is 1. The van der Waals surface area contributed by atoms with Crippen molar-refractivity contribution in [2.24, 2.45) is 0 Å². The molecule has 0 aromatic carbocycles. The molecule has 2 aromatic heterocycles. The van der Waals surface area contributed by atoms with Crippen LogP contribution in [0.1, 0.15) is 40.3 Å². The number of aryl methyl sites for hydroxylation is 1. The summed E-state index contributed by atoms with van der Waals surface area (Å²) in [5.74, 6) is -0.251. The molecule has 2 N–H and O–H groups in total. The first-order valence-corrected chi connectivity index (χ1v) is 5.92. The van der Waals surface area contributed by atoms with Crippen molar-refractivity contribution in [1.29, 1.82) is 5.26 Å². The van der Waals surface area contributed by atoms with E-state index in [9.17, 15) is 4.79 Å². The number of carbonyl (C=O) groups is 1. The zero-order chi connectivity index (χ0) is 13.8. The molecule has 0 fully saturated rings. The minimum Gasteiger partial charge on any atom is -0.356 e. The molecule has 0 saturated carbocycles. The molecular formula is C14H14N4O. The third-order valence-electron chi connectivity index (χ3n) is 2.86. The molecule has 0 bridgehead atoms. The Labute approximate surface area is 111 Å². The molecular weight excluding hydrogens is 240 g/mol. The highest BCUT2D eigenvalue weighted by atomic mass is 16.1. The van der Waals surface area contributed by atoms with Gasteiger partial charge in [-0.05, 0) is 31.5 Å². The van der Waals surface area contributed by atoms with E-state index in [0.717, 1.165) is 11.3 Å². The number of H-pyrrole nitrogens is 1. The van der Waals surface area contributed by atoms with Gasteiger partial charge in [-0.25, -0.2) is 0 Å². The van der Waals surface area contributed by atoms with Crippen LogP contribution in [0.5, 0.6) is 0 Å². The average molecular weight is 254 g/mol. The number of aromatic nitrogens is 2. The number of nitrogens with zero attached hydrogens (tertiary/aromatic N) is 2. The van der Waals surface area contributed by atoms with Crippen LogP contribution < -0.4 is 5.32 Å². The summed E-state index contributed by atoms with van der Waals surface area (Å²) in [6.45, 7) is 3.83. The Balaban J connectivity index is 2.11. The van der Waals surface area contributed by atoms with E-state index < -0.39 is 0 Å². The molecule has 0 aliphatic heterocycles. The van der Waals surface area contributed by atoms with Crippen molar-refractivity contribution in [3.8, 4) is 6.07 Å². The first-order chi connectivity index (χ1) is 9.11. The Kier molecular flexibility index (Phi) is 3.62. The maximum absolute atomic E-state index is 12.0. The average Bonchev–Trinajstić information content (AvgIpc) is 2.88. The molecule has 0 saturated heterocycles. The van der Waals surface area contributed by atoms with Crippen LogP contribution in [0.2, 0.25) is 0 Å². The summed E-state index contributed by atoms with van der Waals surface area (Å²) in [5.41, 5.74) is 2.67. The maximum Gasteiger partial charge on any atom is 0.268 e. The second kappa shape index (κ2) is 5.36. The monoisotopic (exact) mass is 254 g/mol. The summed E-state index contributed by atoms with van der Waals surface area (Å²) in [4.78, 5) is 19.0. The minimum atomic E-state index is -0.251. The smallest absolute Gasteiger partial charge is 0.268 e. The van der Waals surface area contributed by atoms with Crippen molar-refractivity contribution in [2.75, 3.05) is 0 Å². The zero-order valence-electron chi connectivity index (χ0n) is 10.8. The Morgan fingerprint density at radius 2 is 2.37 bits per heavy atom. The standard InChI is InChI=1S/C14H14N4O/c1-9-4-3-5-16-13(9)10(2)18-14(19)12-6-11(7-15)8-17-12/h3-6,8,10,17H,1-2H3,(H,18,19). The van der Waals surface area contributed by atoms with Crippen LogP contribution in [0.4, 0.5) is 0 Å². The molecule has 1 amide bonds. The summed E-state index contributed by atoms with van der Waals surface area (Å²) in [6, 6.07) is 7.11. The van der Waals surface area contributed by atoms with Crippen LogP contribution in [-0.4, -0.2) is 15.9 Å². The molecule has 2 rings (SSSR count). The maximum atomic E-state index is 12.0. The number of carbonyl (C=O) groups excluding carboxylic acids is 1. The molecule has 1 atom stereocenters. The van der Waals surface area contributed by atoms with E-state index in [1.165, 1.54) is 12.3 Å². The third kappa shape index (κ3) is 2.80. The van der Waals surface area contributed by atoms with Crippen molar-refractivity contribution >= 4 is 5.91 Å². The van der Waals surface area contributed by atoms with E-state index in [1.54, 1.807) is 6.20 Å². The fourth-order valence-electron chi connectivity index (χ4n) is 1.88. The second-order valence-electron chi connectivity index (χ2n) is 4.31. The lowest BCUT2D eigenvalue weighted by molar-refractivity contribution is 0.0934. The van der Waals surface area contributed by atoms with Crippen molar-refractivity contribution in [2.45, 2.75) is 19.9 Å². The lowest BCUT2D eigenvalue weighted by Gasteiger charge is -2.14. The summed E-state index contributed by atoms with van der Waals surface area (Å²) < 4.78 is 0. The molecule has 5 nitrogen and oxygen atoms in total. The third-order valence-corrected chi connectivity index (χ3v) is 2.86. The van der Waals surface area contributed by atoms with E-state index in [4.69, 9.17) is 5.26 Å². The van der Waals surface area contributed by atoms with Gasteiger partial charge in [0, 0.05) is 12.4 Å². The van der Waals surface area contributed by atoms with Crippen LogP contribution in [0.3, 0.4) is 0 Å². The lowest BCUT2D eigenvalue weighted by Crippen LogP contribution is -2.27. The van der Waals surface area contributed by atoms with Crippen LogP contribution in [0, 0.1) is 18.3 Å². The van der Waals surface area contributed by atoms with Crippen LogP contribution in [0.25, 0.3) is 0 Å². The quantitative estimate of drug-likeness (QED) is 0.879. The summed E-state index contributed by atoms with van der Waals surface area (Å²) in [6.07, 6.45) is 3.21. The van der Waals surface area contributed by atoms with E-state index in [2.05, 4.69) is 15.3 Å². The number of amides is 1. The largest absolute Gasteiger partial charge is 0.356 e. The number of hydrogen-bond acceptors (Lipinski definition) is 3. The van der Waals surface area contributed by atoms with E-state index in [1.807, 2.05) is 32.0 Å². The van der Waals surface area contributed by atoms with Crippen molar-refractivity contribution in [3.63, 3.8) is 0 Å². The Hall–Kier alpha value is -2.61. The van der Waals surface area contributed by atoms with Gasteiger partial charge in [-0.15, -0.1) is 0 Å². The first kappa shape index (κ1) is 12.8. The SMILES string of the molecule is Cc1cccnc1C(C)NC(=O)c1cc(C#N)c[nH]1. The minimum absolute atomic E-state index is 0.192. The molecule has 2 heterocycles. The number of hydrogen-bond donors (Lipinski definition) is 2. The summed E-state index contributed by atoms with van der Waals surface area (Å²) in [7, 11) is 0. The molecule has 2 aromatic rings. The number of aromatic amines is 1. The van der Waals surface area contributed by atoms with Gasteiger partial charge in [0.25, 0.3) is 5.91 Å². The predicted molar refractivity (Wildman–Crippen MR) is 70.4 cm³/mol. The number of nitrogens with one attached hydrogen (secondary N) is 2. The fourth-order valence-corrected chi connectivity index (χ4v) is 1.88. The molecule has 96 valence electrons. The van der Waals surface area contributed by atoms with Gasteiger partial charge < -0.3 is 10.3 Å². The van der Waals surface area contributed by atoms with Crippen molar-refractivity contribution in [3.05, 3.63) is 53.1 Å². The van der Waals surface area contributed by atoms with Crippen molar-refractivity contribution in [1.82, 2.24) is 15.3 Å². The molecule has 0 aliphatic rings. The molecule has 19 heavy (non-hydrogen) atoms. The Bertz CT molecular complexity index is 639. The second-order valence-corrected chi connectivity index (χ2v) is 4.31. The predicted octanol–water partition coefficient (Wildman–Crippen LogP) is 2.08. The van der Waals surface area contributed by atoms with Gasteiger partial charge in [0.2, 0.25) is 0 Å². The lowest BCUT2D eigenvalue weighted by atomic mass is 10.1. The number of pyridine rings is 1. The van der Waals surface area contributed by atoms with Gasteiger partial charge >= 0.3 is 0 Å². The number of rotatable bonds is 3. The highest BCUT2D eigenvalue weighted by molar-refractivity contribution is 5.93. The van der Waals surface area contributed by atoms with Crippen LogP contribution >= 0.6 is 0 Å². The molecule has 0 spiro atoms. The van der Waals surface area contributed by atoms with Gasteiger partial charge in [-0.1, -0.05) is 6.07 Å². The fraction of sp³-hybridized carbons (Fsp3) is 0.214. The van der Waals surface area contributed by atoms with E-state index in [-0.39, 0.29) is 11.9 Å². The van der Waals surface area contributed by atoms with Crippen LogP contribution in [0.15, 0.2) is 30.6 Å². The molecule has 0 aliphatic carbocycles.